The number of halogens is 5. The minimum atomic E-state index is -5.01. The fraction of sp³-hybridized carbons (Fsp3) is 0.667. The van der Waals surface area contributed by atoms with E-state index in [4.69, 9.17) is 0 Å². The third-order valence-corrected chi connectivity index (χ3v) is 6.83. The summed E-state index contributed by atoms with van der Waals surface area (Å²) in [4.78, 5) is 0. The van der Waals surface area contributed by atoms with E-state index in [-0.39, 0.29) is 5.92 Å². The van der Waals surface area contributed by atoms with Crippen LogP contribution in [0.3, 0.4) is 0 Å². The topological polar surface area (TPSA) is 0 Å². The maximum atomic E-state index is 13.9. The zero-order valence-corrected chi connectivity index (χ0v) is 17.1. The number of hydrogen-bond acceptors (Lipinski definition) is 0. The van der Waals surface area contributed by atoms with Crippen LogP contribution in [0.15, 0.2) is 24.3 Å². The Bertz CT molecular complexity index is 667. The first kappa shape index (κ1) is 22.3. The van der Waals surface area contributed by atoms with Crippen molar-refractivity contribution in [3.63, 3.8) is 0 Å². The molecular formula is C24H31F5. The molecule has 0 nitrogen and oxygen atoms in total. The molecule has 5 heteroatoms. The molecule has 0 atom stereocenters. The quantitative estimate of drug-likeness (QED) is 0.335. The van der Waals surface area contributed by atoms with Crippen LogP contribution in [0.25, 0.3) is 0 Å². The first-order valence-electron chi connectivity index (χ1n) is 11.0. The maximum absolute atomic E-state index is 13.9. The van der Waals surface area contributed by atoms with Gasteiger partial charge in [0.05, 0.1) is 0 Å². The highest BCUT2D eigenvalue weighted by Gasteiger charge is 2.38. The number of benzene rings is 1. The summed E-state index contributed by atoms with van der Waals surface area (Å²) < 4.78 is 66.0. The predicted molar refractivity (Wildman–Crippen MR) is 106 cm³/mol. The van der Waals surface area contributed by atoms with Crippen LogP contribution in [-0.2, 0) is 6.18 Å². The highest BCUT2D eigenvalue weighted by atomic mass is 19.4. The van der Waals surface area contributed by atoms with E-state index in [0.29, 0.717) is 17.4 Å². The second-order valence-electron chi connectivity index (χ2n) is 8.92. The standard InChI is InChI=1S/C24H31F5/c1-2-3-16-4-6-17(7-5-16)8-9-18-10-12-19(13-11-18)20-14-21(25)23(22(26)15-20)24(27,28)29/h8-9,14-19H,2-7,10-13H2,1H3/t16-,17-,18-,19-. The Morgan fingerprint density at radius 3 is 1.76 bits per heavy atom. The lowest BCUT2D eigenvalue weighted by molar-refractivity contribution is -0.142. The van der Waals surface area contributed by atoms with Crippen molar-refractivity contribution in [3.05, 3.63) is 47.0 Å². The lowest BCUT2D eigenvalue weighted by atomic mass is 9.76. The zero-order chi connectivity index (χ0) is 21.0. The molecule has 0 aliphatic heterocycles. The summed E-state index contributed by atoms with van der Waals surface area (Å²) in [6.07, 6.45) is 10.8. The molecule has 0 radical (unpaired) electrons. The molecular weight excluding hydrogens is 383 g/mol. The van der Waals surface area contributed by atoms with E-state index in [9.17, 15) is 22.0 Å². The molecule has 0 saturated heterocycles. The second-order valence-corrected chi connectivity index (χ2v) is 8.92. The fourth-order valence-electron chi connectivity index (χ4n) is 5.14. The lowest BCUT2D eigenvalue weighted by Gasteiger charge is -2.29. The molecule has 0 spiro atoms. The minimum absolute atomic E-state index is 0.0737. The van der Waals surface area contributed by atoms with Crippen LogP contribution in [0.5, 0.6) is 0 Å². The molecule has 0 aromatic heterocycles. The summed E-state index contributed by atoms with van der Waals surface area (Å²) in [6.45, 7) is 2.25. The van der Waals surface area contributed by atoms with Crippen molar-refractivity contribution < 1.29 is 22.0 Å². The van der Waals surface area contributed by atoms with E-state index in [1.54, 1.807) is 0 Å². The molecule has 29 heavy (non-hydrogen) atoms. The molecule has 0 amide bonds. The summed E-state index contributed by atoms with van der Waals surface area (Å²) in [5.74, 6) is -1.07. The first-order chi connectivity index (χ1) is 13.8. The molecule has 2 aliphatic rings. The SMILES string of the molecule is CCC[C@H]1CC[C@H](C=C[C@H]2CC[C@H](c3cc(F)c(C(F)(F)F)c(F)c3)CC2)CC1. The van der Waals surface area contributed by atoms with Crippen LogP contribution in [0, 0.1) is 29.4 Å². The molecule has 3 rings (SSSR count). The summed E-state index contributed by atoms with van der Waals surface area (Å²) >= 11 is 0. The highest BCUT2D eigenvalue weighted by Crippen LogP contribution is 2.40. The zero-order valence-electron chi connectivity index (χ0n) is 17.1. The van der Waals surface area contributed by atoms with Crippen molar-refractivity contribution in [1.29, 1.82) is 0 Å². The Labute approximate surface area is 170 Å². The smallest absolute Gasteiger partial charge is 0.206 e. The van der Waals surface area contributed by atoms with Gasteiger partial charge in [0.2, 0.25) is 0 Å². The molecule has 1 aromatic carbocycles. The molecule has 1 aromatic rings. The van der Waals surface area contributed by atoms with Crippen LogP contribution in [0.4, 0.5) is 22.0 Å². The van der Waals surface area contributed by atoms with Gasteiger partial charge in [0.25, 0.3) is 0 Å². The molecule has 0 N–H and O–H groups in total. The number of hydrogen-bond donors (Lipinski definition) is 0. The summed E-state index contributed by atoms with van der Waals surface area (Å²) in [6, 6.07) is 1.75. The average molecular weight is 415 g/mol. The van der Waals surface area contributed by atoms with E-state index in [2.05, 4.69) is 19.1 Å². The van der Waals surface area contributed by atoms with Crippen molar-refractivity contribution in [3.8, 4) is 0 Å². The van der Waals surface area contributed by atoms with Gasteiger partial charge in [-0.2, -0.15) is 13.2 Å². The Balaban J connectivity index is 1.52. The van der Waals surface area contributed by atoms with Gasteiger partial charge in [0, 0.05) is 0 Å². The maximum Gasteiger partial charge on any atom is 0.422 e. The monoisotopic (exact) mass is 414 g/mol. The van der Waals surface area contributed by atoms with Gasteiger partial charge in [-0.1, -0.05) is 31.9 Å². The molecule has 162 valence electrons. The van der Waals surface area contributed by atoms with E-state index < -0.39 is 23.4 Å². The Morgan fingerprint density at radius 1 is 0.828 bits per heavy atom. The minimum Gasteiger partial charge on any atom is -0.206 e. The predicted octanol–water partition coefficient (Wildman–Crippen LogP) is 8.42. The van der Waals surface area contributed by atoms with Crippen molar-refractivity contribution in [2.75, 3.05) is 0 Å². The molecule has 0 unspecified atom stereocenters. The first-order valence-corrected chi connectivity index (χ1v) is 11.0. The largest absolute Gasteiger partial charge is 0.422 e. The lowest BCUT2D eigenvalue weighted by Crippen LogP contribution is -2.16. The van der Waals surface area contributed by atoms with E-state index in [0.717, 1.165) is 43.7 Å². The second kappa shape index (κ2) is 9.61. The van der Waals surface area contributed by atoms with Crippen LogP contribution in [0.1, 0.15) is 88.2 Å². The average Bonchev–Trinajstić information content (AvgIpc) is 2.66. The Kier molecular flexibility index (Phi) is 7.39. The van der Waals surface area contributed by atoms with Gasteiger partial charge in [0.1, 0.15) is 17.2 Å². The van der Waals surface area contributed by atoms with Crippen LogP contribution < -0.4 is 0 Å². The van der Waals surface area contributed by atoms with Gasteiger partial charge in [-0.25, -0.2) is 8.78 Å². The van der Waals surface area contributed by atoms with Crippen LogP contribution in [0.2, 0.25) is 0 Å². The van der Waals surface area contributed by atoms with Crippen molar-refractivity contribution >= 4 is 0 Å². The van der Waals surface area contributed by atoms with Gasteiger partial charge in [0.15, 0.2) is 0 Å². The van der Waals surface area contributed by atoms with E-state index in [1.807, 2.05) is 0 Å². The van der Waals surface area contributed by atoms with Crippen LogP contribution >= 0.6 is 0 Å². The van der Waals surface area contributed by atoms with E-state index in [1.165, 1.54) is 38.5 Å². The van der Waals surface area contributed by atoms with Gasteiger partial charge in [-0.05, 0) is 92.7 Å². The summed E-state index contributed by atoms with van der Waals surface area (Å²) in [5, 5.41) is 0. The summed E-state index contributed by atoms with van der Waals surface area (Å²) in [5.41, 5.74) is -1.43. The van der Waals surface area contributed by atoms with Crippen molar-refractivity contribution in [2.24, 2.45) is 17.8 Å². The van der Waals surface area contributed by atoms with Crippen molar-refractivity contribution in [1.82, 2.24) is 0 Å². The van der Waals surface area contributed by atoms with Gasteiger partial charge >= 0.3 is 6.18 Å². The summed E-state index contributed by atoms with van der Waals surface area (Å²) in [7, 11) is 0. The Morgan fingerprint density at radius 2 is 1.31 bits per heavy atom. The fourth-order valence-corrected chi connectivity index (χ4v) is 5.14. The van der Waals surface area contributed by atoms with Gasteiger partial charge < -0.3 is 0 Å². The number of allylic oxidation sites excluding steroid dienone is 2. The van der Waals surface area contributed by atoms with Crippen LogP contribution in [-0.4, -0.2) is 0 Å². The third kappa shape index (κ3) is 5.82. The molecule has 0 bridgehead atoms. The van der Waals surface area contributed by atoms with Crippen molar-refractivity contribution in [2.45, 2.75) is 83.2 Å². The molecule has 2 saturated carbocycles. The van der Waals surface area contributed by atoms with E-state index >= 15 is 0 Å². The third-order valence-electron chi connectivity index (χ3n) is 6.83. The highest BCUT2D eigenvalue weighted by molar-refractivity contribution is 5.31. The molecule has 0 heterocycles. The van der Waals surface area contributed by atoms with Gasteiger partial charge in [-0.15, -0.1) is 0 Å². The normalized spacial score (nSPS) is 28.8. The number of alkyl halides is 3. The number of rotatable bonds is 5. The Hall–Kier alpha value is -1.39. The molecule has 2 aliphatic carbocycles. The van der Waals surface area contributed by atoms with Gasteiger partial charge in [-0.3, -0.25) is 0 Å². The molecule has 2 fully saturated rings.